The van der Waals surface area contributed by atoms with Crippen LogP contribution in [0.25, 0.3) is 0 Å². The smallest absolute Gasteiger partial charge is 0.244 e. The Labute approximate surface area is 181 Å². The Kier molecular flexibility index (Phi) is 6.08. The third kappa shape index (κ3) is 4.80. The lowest BCUT2D eigenvalue weighted by Gasteiger charge is -2.22. The van der Waals surface area contributed by atoms with E-state index in [1.54, 1.807) is 24.3 Å². The van der Waals surface area contributed by atoms with E-state index in [0.29, 0.717) is 29.4 Å². The summed E-state index contributed by atoms with van der Waals surface area (Å²) in [6.45, 7) is 2.40. The van der Waals surface area contributed by atoms with Crippen molar-refractivity contribution in [1.82, 2.24) is 0 Å². The van der Waals surface area contributed by atoms with Crippen LogP contribution in [0.15, 0.2) is 83.9 Å². The number of ether oxygens (including phenoxy) is 1. The SMILES string of the molecule is CCOc1ccc(NC(=O)CN2C(=O)CC(c3ccccc3)=Nc3ccccc32)cc1. The highest BCUT2D eigenvalue weighted by molar-refractivity contribution is 6.18. The number of anilines is 2. The number of aliphatic imine (C=N–C) groups is 1. The van der Waals surface area contributed by atoms with Crippen LogP contribution in [0.5, 0.6) is 5.75 Å². The first-order chi connectivity index (χ1) is 15.1. The normalized spacial score (nSPS) is 13.1. The van der Waals surface area contributed by atoms with Crippen molar-refractivity contribution in [2.24, 2.45) is 4.99 Å². The van der Waals surface area contributed by atoms with Gasteiger partial charge in [-0.2, -0.15) is 0 Å². The van der Waals surface area contributed by atoms with Gasteiger partial charge in [-0.05, 0) is 48.9 Å². The minimum Gasteiger partial charge on any atom is -0.494 e. The van der Waals surface area contributed by atoms with Crippen LogP contribution in [0.1, 0.15) is 18.9 Å². The molecule has 0 saturated carbocycles. The second-order valence-corrected chi connectivity index (χ2v) is 7.08. The van der Waals surface area contributed by atoms with E-state index in [1.165, 1.54) is 4.90 Å². The van der Waals surface area contributed by atoms with E-state index in [1.807, 2.05) is 61.5 Å². The highest BCUT2D eigenvalue weighted by Crippen LogP contribution is 2.32. The first-order valence-corrected chi connectivity index (χ1v) is 10.2. The molecular formula is C25H23N3O3. The van der Waals surface area contributed by atoms with Gasteiger partial charge in [0.05, 0.1) is 30.1 Å². The molecule has 4 rings (SSSR count). The number of nitrogens with one attached hydrogen (secondary N) is 1. The van der Waals surface area contributed by atoms with Crippen LogP contribution in [0.2, 0.25) is 0 Å². The van der Waals surface area contributed by atoms with Crippen molar-refractivity contribution < 1.29 is 14.3 Å². The number of rotatable bonds is 6. The standard InChI is InChI=1S/C25H23N3O3/c1-2-31-20-14-12-19(13-15-20)26-24(29)17-28-23-11-7-6-10-21(23)27-22(16-25(28)30)18-8-4-3-5-9-18/h3-15H,2,16-17H2,1H3,(H,26,29). The topological polar surface area (TPSA) is 71.0 Å². The number of nitrogens with zero attached hydrogens (tertiary/aromatic N) is 2. The van der Waals surface area contributed by atoms with Crippen molar-refractivity contribution in [1.29, 1.82) is 0 Å². The highest BCUT2D eigenvalue weighted by Gasteiger charge is 2.26. The second-order valence-electron chi connectivity index (χ2n) is 7.08. The van der Waals surface area contributed by atoms with Gasteiger partial charge in [-0.1, -0.05) is 42.5 Å². The fourth-order valence-electron chi connectivity index (χ4n) is 3.46. The Morgan fingerprint density at radius 3 is 2.45 bits per heavy atom. The molecule has 1 aliphatic heterocycles. The van der Waals surface area contributed by atoms with Crippen LogP contribution in [0.3, 0.4) is 0 Å². The number of hydrogen-bond donors (Lipinski definition) is 1. The van der Waals surface area contributed by atoms with Crippen LogP contribution in [-0.2, 0) is 9.59 Å². The Balaban J connectivity index is 1.54. The molecule has 0 unspecified atom stereocenters. The molecule has 0 spiro atoms. The minimum atomic E-state index is -0.282. The zero-order chi connectivity index (χ0) is 21.6. The van der Waals surface area contributed by atoms with Gasteiger partial charge in [0.15, 0.2) is 0 Å². The molecule has 1 aliphatic rings. The van der Waals surface area contributed by atoms with E-state index in [-0.39, 0.29) is 24.8 Å². The molecule has 3 aromatic rings. The molecule has 0 atom stereocenters. The molecule has 31 heavy (non-hydrogen) atoms. The monoisotopic (exact) mass is 413 g/mol. The Bertz CT molecular complexity index is 1110. The fourth-order valence-corrected chi connectivity index (χ4v) is 3.46. The van der Waals surface area contributed by atoms with E-state index < -0.39 is 0 Å². The predicted molar refractivity (Wildman–Crippen MR) is 122 cm³/mol. The second kappa shape index (κ2) is 9.26. The van der Waals surface area contributed by atoms with Crippen LogP contribution in [-0.4, -0.2) is 30.7 Å². The summed E-state index contributed by atoms with van der Waals surface area (Å²) in [6, 6.07) is 24.2. The van der Waals surface area contributed by atoms with Gasteiger partial charge in [0, 0.05) is 5.69 Å². The summed E-state index contributed by atoms with van der Waals surface area (Å²) < 4.78 is 5.42. The maximum absolute atomic E-state index is 13.1. The molecule has 2 amide bonds. The number of amides is 2. The minimum absolute atomic E-state index is 0.0966. The molecule has 156 valence electrons. The number of hydrogen-bond acceptors (Lipinski definition) is 4. The van der Waals surface area contributed by atoms with E-state index in [4.69, 9.17) is 9.73 Å². The number of para-hydroxylation sites is 2. The summed E-state index contributed by atoms with van der Waals surface area (Å²) in [4.78, 5) is 32.1. The molecular weight excluding hydrogens is 390 g/mol. The lowest BCUT2D eigenvalue weighted by atomic mass is 10.1. The third-order valence-corrected chi connectivity index (χ3v) is 4.91. The molecule has 0 radical (unpaired) electrons. The number of fused-ring (bicyclic) bond motifs is 1. The summed E-state index contributed by atoms with van der Waals surface area (Å²) >= 11 is 0. The molecule has 0 aliphatic carbocycles. The molecule has 6 heteroatoms. The third-order valence-electron chi connectivity index (χ3n) is 4.91. The van der Waals surface area contributed by atoms with Crippen molar-refractivity contribution in [3.63, 3.8) is 0 Å². The Morgan fingerprint density at radius 2 is 1.71 bits per heavy atom. The van der Waals surface area contributed by atoms with Crippen molar-refractivity contribution in [3.05, 3.63) is 84.4 Å². The van der Waals surface area contributed by atoms with Crippen molar-refractivity contribution in [2.45, 2.75) is 13.3 Å². The van der Waals surface area contributed by atoms with Gasteiger partial charge in [0.25, 0.3) is 0 Å². The van der Waals surface area contributed by atoms with Crippen LogP contribution >= 0.6 is 0 Å². The Hall–Kier alpha value is -3.93. The Morgan fingerprint density at radius 1 is 1.00 bits per heavy atom. The van der Waals surface area contributed by atoms with Crippen molar-refractivity contribution >= 4 is 34.6 Å². The van der Waals surface area contributed by atoms with Gasteiger partial charge < -0.3 is 15.0 Å². The molecule has 6 nitrogen and oxygen atoms in total. The van der Waals surface area contributed by atoms with Gasteiger partial charge in [0.1, 0.15) is 12.3 Å². The van der Waals surface area contributed by atoms with E-state index in [2.05, 4.69) is 5.32 Å². The summed E-state index contributed by atoms with van der Waals surface area (Å²) in [5.74, 6) is 0.285. The maximum atomic E-state index is 13.1. The molecule has 0 fully saturated rings. The van der Waals surface area contributed by atoms with Gasteiger partial charge in [-0.3, -0.25) is 14.6 Å². The summed E-state index contributed by atoms with van der Waals surface area (Å²) in [6.07, 6.45) is 0.120. The van der Waals surface area contributed by atoms with E-state index in [0.717, 1.165) is 11.3 Å². The molecule has 0 bridgehead atoms. The zero-order valence-corrected chi connectivity index (χ0v) is 17.2. The number of carbonyl (C=O) groups is 2. The fraction of sp³-hybridized carbons (Fsp3) is 0.160. The quantitative estimate of drug-likeness (QED) is 0.643. The van der Waals surface area contributed by atoms with Crippen molar-refractivity contribution in [2.75, 3.05) is 23.4 Å². The number of carbonyl (C=O) groups excluding carboxylic acids is 2. The van der Waals surface area contributed by atoms with Gasteiger partial charge >= 0.3 is 0 Å². The predicted octanol–water partition coefficient (Wildman–Crippen LogP) is 4.58. The first kappa shape index (κ1) is 20.3. The maximum Gasteiger partial charge on any atom is 0.244 e. The summed E-state index contributed by atoms with van der Waals surface area (Å²) in [5.41, 5.74) is 3.52. The molecule has 0 aromatic heterocycles. The average molecular weight is 413 g/mol. The van der Waals surface area contributed by atoms with E-state index in [9.17, 15) is 9.59 Å². The molecule has 1 N–H and O–H groups in total. The van der Waals surface area contributed by atoms with Gasteiger partial charge in [-0.25, -0.2) is 0 Å². The van der Waals surface area contributed by atoms with Crippen molar-refractivity contribution in [3.8, 4) is 5.75 Å². The van der Waals surface area contributed by atoms with Crippen LogP contribution in [0, 0.1) is 0 Å². The highest BCUT2D eigenvalue weighted by atomic mass is 16.5. The number of benzene rings is 3. The lowest BCUT2D eigenvalue weighted by molar-refractivity contribution is -0.120. The first-order valence-electron chi connectivity index (χ1n) is 10.2. The van der Waals surface area contributed by atoms with Gasteiger partial charge in [0.2, 0.25) is 11.8 Å². The van der Waals surface area contributed by atoms with Crippen LogP contribution in [0.4, 0.5) is 17.1 Å². The van der Waals surface area contributed by atoms with Gasteiger partial charge in [-0.15, -0.1) is 0 Å². The summed E-state index contributed by atoms with van der Waals surface area (Å²) in [5, 5.41) is 2.85. The largest absolute Gasteiger partial charge is 0.494 e. The zero-order valence-electron chi connectivity index (χ0n) is 17.2. The molecule has 3 aromatic carbocycles. The van der Waals surface area contributed by atoms with E-state index >= 15 is 0 Å². The summed E-state index contributed by atoms with van der Waals surface area (Å²) in [7, 11) is 0. The van der Waals surface area contributed by atoms with Crippen LogP contribution < -0.4 is 15.0 Å². The lowest BCUT2D eigenvalue weighted by Crippen LogP contribution is -2.38. The average Bonchev–Trinajstić information content (AvgIpc) is 2.93. The molecule has 0 saturated heterocycles. The molecule has 1 heterocycles.